The molecule has 0 amide bonds. The monoisotopic (exact) mass is 256 g/mol. The summed E-state index contributed by atoms with van der Waals surface area (Å²) in [5.41, 5.74) is 1.36. The largest absolute Gasteiger partial charge is 0.508 e. The fraction of sp³-hybridized carbons (Fsp3) is 0.200. The second-order valence-corrected chi connectivity index (χ2v) is 4.28. The molecule has 0 unspecified atom stereocenters. The Hall–Kier alpha value is -2.36. The molecule has 19 heavy (non-hydrogen) atoms. The lowest BCUT2D eigenvalue weighted by molar-refractivity contribution is 0.104. The van der Waals surface area contributed by atoms with E-state index in [0.717, 1.165) is 18.5 Å². The number of aryl methyl sites for hydroxylation is 1. The van der Waals surface area contributed by atoms with E-state index in [1.165, 1.54) is 18.2 Å². The Bertz CT molecular complexity index is 600. The summed E-state index contributed by atoms with van der Waals surface area (Å²) in [7, 11) is 0. The van der Waals surface area contributed by atoms with E-state index >= 15 is 0 Å². The highest BCUT2D eigenvalue weighted by atomic mass is 16.3. The molecule has 2 aromatic rings. The lowest BCUT2D eigenvalue weighted by Crippen LogP contribution is -1.95. The number of hydrogen-bond donors (Lipinski definition) is 1. The van der Waals surface area contributed by atoms with Crippen LogP contribution in [0.25, 0.3) is 6.08 Å². The molecule has 0 aliphatic rings. The van der Waals surface area contributed by atoms with Gasteiger partial charge in [-0.3, -0.25) is 9.48 Å². The smallest absolute Gasteiger partial charge is 0.185 e. The summed E-state index contributed by atoms with van der Waals surface area (Å²) in [6.07, 6.45) is 7.86. The number of ketones is 1. The normalized spacial score (nSPS) is 11.0. The van der Waals surface area contributed by atoms with Crippen LogP contribution in [-0.2, 0) is 6.54 Å². The molecule has 0 bridgehead atoms. The predicted octanol–water partition coefficient (Wildman–Crippen LogP) is 2.89. The van der Waals surface area contributed by atoms with Crippen molar-refractivity contribution in [1.82, 2.24) is 9.78 Å². The van der Waals surface area contributed by atoms with E-state index in [-0.39, 0.29) is 11.5 Å². The van der Waals surface area contributed by atoms with Crippen molar-refractivity contribution in [1.29, 1.82) is 0 Å². The highest BCUT2D eigenvalue weighted by molar-refractivity contribution is 6.06. The molecule has 4 nitrogen and oxygen atoms in total. The molecular formula is C15H16N2O2. The highest BCUT2D eigenvalue weighted by Crippen LogP contribution is 2.12. The maximum Gasteiger partial charge on any atom is 0.185 e. The van der Waals surface area contributed by atoms with Gasteiger partial charge in [0.2, 0.25) is 0 Å². The maximum atomic E-state index is 11.9. The van der Waals surface area contributed by atoms with Crippen LogP contribution in [0.15, 0.2) is 42.7 Å². The topological polar surface area (TPSA) is 55.1 Å². The minimum Gasteiger partial charge on any atom is -0.508 e. The van der Waals surface area contributed by atoms with Crippen LogP contribution >= 0.6 is 0 Å². The van der Waals surface area contributed by atoms with Crippen LogP contribution in [0.5, 0.6) is 5.75 Å². The fourth-order valence-corrected chi connectivity index (χ4v) is 1.74. The van der Waals surface area contributed by atoms with E-state index < -0.39 is 0 Å². The van der Waals surface area contributed by atoms with Crippen molar-refractivity contribution in [3.8, 4) is 5.75 Å². The number of aromatic hydroxyl groups is 1. The number of allylic oxidation sites excluding steroid dienone is 1. The average Bonchev–Trinajstić information content (AvgIpc) is 2.84. The number of hydrogen-bond acceptors (Lipinski definition) is 3. The molecule has 1 heterocycles. The molecule has 98 valence electrons. The van der Waals surface area contributed by atoms with E-state index in [9.17, 15) is 9.90 Å². The fourth-order valence-electron chi connectivity index (χ4n) is 1.74. The molecule has 2 rings (SSSR count). The zero-order chi connectivity index (χ0) is 13.7. The summed E-state index contributed by atoms with van der Waals surface area (Å²) in [5.74, 6) is -0.0471. The Morgan fingerprint density at radius 2 is 2.32 bits per heavy atom. The third-order valence-corrected chi connectivity index (χ3v) is 2.66. The summed E-state index contributed by atoms with van der Waals surface area (Å²) in [5, 5.41) is 13.5. The van der Waals surface area contributed by atoms with E-state index in [2.05, 4.69) is 12.0 Å². The van der Waals surface area contributed by atoms with Gasteiger partial charge < -0.3 is 5.11 Å². The Labute approximate surface area is 112 Å². The molecule has 1 aromatic heterocycles. The van der Waals surface area contributed by atoms with Gasteiger partial charge in [-0.15, -0.1) is 0 Å². The highest BCUT2D eigenvalue weighted by Gasteiger charge is 2.02. The number of nitrogens with zero attached hydrogens (tertiary/aromatic N) is 2. The SMILES string of the molecule is CCCn1cc(C=CC(=O)c2cccc(O)c2)cn1. The third kappa shape index (κ3) is 3.55. The number of phenolic OH excluding ortho intramolecular Hbond substituents is 1. The molecule has 0 aliphatic heterocycles. The van der Waals surface area contributed by atoms with Gasteiger partial charge in [-0.2, -0.15) is 5.10 Å². The van der Waals surface area contributed by atoms with Crippen molar-refractivity contribution >= 4 is 11.9 Å². The number of carbonyl (C=O) groups is 1. The number of benzene rings is 1. The molecule has 0 fully saturated rings. The van der Waals surface area contributed by atoms with Crippen LogP contribution in [0, 0.1) is 0 Å². The minimum atomic E-state index is -0.140. The Morgan fingerprint density at radius 3 is 3.05 bits per heavy atom. The van der Waals surface area contributed by atoms with Crippen LogP contribution in [0.4, 0.5) is 0 Å². The van der Waals surface area contributed by atoms with Gasteiger partial charge in [-0.25, -0.2) is 0 Å². The van der Waals surface area contributed by atoms with Crippen molar-refractivity contribution in [3.05, 3.63) is 53.9 Å². The first-order valence-electron chi connectivity index (χ1n) is 6.23. The quantitative estimate of drug-likeness (QED) is 0.661. The van der Waals surface area contributed by atoms with Gasteiger partial charge in [0.05, 0.1) is 6.20 Å². The van der Waals surface area contributed by atoms with Crippen molar-refractivity contribution in [3.63, 3.8) is 0 Å². The van der Waals surface area contributed by atoms with E-state index in [4.69, 9.17) is 0 Å². The predicted molar refractivity (Wildman–Crippen MR) is 74.0 cm³/mol. The van der Waals surface area contributed by atoms with Crippen LogP contribution in [-0.4, -0.2) is 20.7 Å². The lowest BCUT2D eigenvalue weighted by atomic mass is 10.1. The van der Waals surface area contributed by atoms with Gasteiger partial charge in [0.15, 0.2) is 5.78 Å². The van der Waals surface area contributed by atoms with Crippen LogP contribution < -0.4 is 0 Å². The maximum absolute atomic E-state index is 11.9. The molecular weight excluding hydrogens is 240 g/mol. The standard InChI is InChI=1S/C15H16N2O2/c1-2-8-17-11-12(10-16-17)6-7-15(19)13-4-3-5-14(18)9-13/h3-7,9-11,18H,2,8H2,1H3. The second kappa shape index (κ2) is 6.00. The number of phenols is 1. The first kappa shape index (κ1) is 13.1. The van der Waals surface area contributed by atoms with Gasteiger partial charge >= 0.3 is 0 Å². The van der Waals surface area contributed by atoms with E-state index in [1.54, 1.807) is 24.4 Å². The van der Waals surface area contributed by atoms with E-state index in [1.807, 2.05) is 10.9 Å². The first-order chi connectivity index (χ1) is 9.19. The zero-order valence-corrected chi connectivity index (χ0v) is 10.8. The van der Waals surface area contributed by atoms with E-state index in [0.29, 0.717) is 5.56 Å². The molecule has 0 spiro atoms. The molecule has 0 saturated carbocycles. The molecule has 0 aliphatic carbocycles. The van der Waals surface area contributed by atoms with Gasteiger partial charge in [0, 0.05) is 23.9 Å². The van der Waals surface area contributed by atoms with Gasteiger partial charge in [0.1, 0.15) is 5.75 Å². The average molecular weight is 256 g/mol. The summed E-state index contributed by atoms with van der Waals surface area (Å²) in [6.45, 7) is 2.96. The van der Waals surface area contributed by atoms with Crippen LogP contribution in [0.2, 0.25) is 0 Å². The second-order valence-electron chi connectivity index (χ2n) is 4.28. The summed E-state index contributed by atoms with van der Waals surface area (Å²) in [6, 6.07) is 6.31. The van der Waals surface area contributed by atoms with Gasteiger partial charge in [-0.05, 0) is 30.7 Å². The third-order valence-electron chi connectivity index (χ3n) is 2.66. The van der Waals surface area contributed by atoms with Crippen molar-refractivity contribution < 1.29 is 9.90 Å². The van der Waals surface area contributed by atoms with Crippen LogP contribution in [0.1, 0.15) is 29.3 Å². The zero-order valence-electron chi connectivity index (χ0n) is 10.8. The molecule has 1 aromatic carbocycles. The van der Waals surface area contributed by atoms with Crippen LogP contribution in [0.3, 0.4) is 0 Å². The van der Waals surface area contributed by atoms with Crippen molar-refractivity contribution in [2.24, 2.45) is 0 Å². The summed E-state index contributed by atoms with van der Waals surface area (Å²) < 4.78 is 1.85. The molecule has 1 N–H and O–H groups in total. The Kier molecular flexibility index (Phi) is 4.13. The minimum absolute atomic E-state index is 0.0926. The first-order valence-corrected chi connectivity index (χ1v) is 6.23. The molecule has 0 atom stereocenters. The summed E-state index contributed by atoms with van der Waals surface area (Å²) in [4.78, 5) is 11.9. The molecule has 4 heteroatoms. The van der Waals surface area contributed by atoms with Gasteiger partial charge in [-0.1, -0.05) is 19.1 Å². The number of rotatable bonds is 5. The van der Waals surface area contributed by atoms with Gasteiger partial charge in [0.25, 0.3) is 0 Å². The van der Waals surface area contributed by atoms with Crippen molar-refractivity contribution in [2.75, 3.05) is 0 Å². The van der Waals surface area contributed by atoms with Crippen molar-refractivity contribution in [2.45, 2.75) is 19.9 Å². The molecule has 0 radical (unpaired) electrons. The summed E-state index contributed by atoms with van der Waals surface area (Å²) >= 11 is 0. The lowest BCUT2D eigenvalue weighted by Gasteiger charge is -1.96. The Morgan fingerprint density at radius 1 is 1.47 bits per heavy atom. The Balaban J connectivity index is 2.07. The molecule has 0 saturated heterocycles. The number of aromatic nitrogens is 2. The number of carbonyl (C=O) groups excluding carboxylic acids is 1.